The molecule has 0 saturated carbocycles. The second-order valence-corrected chi connectivity index (χ2v) is 8.22. The zero-order chi connectivity index (χ0) is 23.2. The van der Waals surface area contributed by atoms with Crippen molar-refractivity contribution in [3.8, 4) is 22.5 Å². The summed E-state index contributed by atoms with van der Waals surface area (Å²) in [6, 6.07) is 37.7. The maximum atomic E-state index is 5.07. The van der Waals surface area contributed by atoms with Crippen LogP contribution in [0.4, 0.5) is 5.69 Å². The highest BCUT2D eigenvalue weighted by molar-refractivity contribution is 6.00. The number of hydrogen-bond donors (Lipinski definition) is 0. The number of hydrogen-bond acceptors (Lipinski definition) is 3. The quantitative estimate of drug-likeness (QED) is 0.256. The number of aliphatic imine (C=N–C) groups is 1. The summed E-state index contributed by atoms with van der Waals surface area (Å²) in [6.07, 6.45) is 4.37. The van der Waals surface area contributed by atoms with Crippen molar-refractivity contribution in [2.45, 2.75) is 13.3 Å². The lowest BCUT2D eigenvalue weighted by atomic mass is 9.97. The van der Waals surface area contributed by atoms with Gasteiger partial charge in [-0.1, -0.05) is 97.1 Å². The number of rotatable bonds is 6. The molecular weight excluding hydrogens is 414 g/mol. The van der Waals surface area contributed by atoms with Gasteiger partial charge in [0.05, 0.1) is 5.69 Å². The van der Waals surface area contributed by atoms with Crippen LogP contribution < -0.4 is 0 Å². The number of aromatic nitrogens is 2. The van der Waals surface area contributed by atoms with Crippen LogP contribution in [0.25, 0.3) is 22.5 Å². The third kappa shape index (κ3) is 5.00. The summed E-state index contributed by atoms with van der Waals surface area (Å²) in [5.41, 5.74) is 8.89. The van der Waals surface area contributed by atoms with Crippen molar-refractivity contribution in [1.29, 1.82) is 0 Å². The largest absolute Gasteiger partial charge is 0.253 e. The molecule has 1 aromatic heterocycles. The van der Waals surface area contributed by atoms with E-state index < -0.39 is 0 Å². The molecule has 34 heavy (non-hydrogen) atoms. The lowest BCUT2D eigenvalue weighted by molar-refractivity contribution is 1.18. The molecule has 3 nitrogen and oxygen atoms in total. The molecule has 5 aromatic rings. The van der Waals surface area contributed by atoms with Gasteiger partial charge in [0.15, 0.2) is 5.82 Å². The van der Waals surface area contributed by atoms with Crippen LogP contribution in [-0.2, 0) is 6.42 Å². The zero-order valence-corrected chi connectivity index (χ0v) is 19.1. The Kier molecular flexibility index (Phi) is 6.35. The fraction of sp³-hybridized carbons (Fsp3) is 0.0645. The van der Waals surface area contributed by atoms with Crippen molar-refractivity contribution in [3.05, 3.63) is 138 Å². The summed E-state index contributed by atoms with van der Waals surface area (Å²) in [5.74, 6) is 0.732. The van der Waals surface area contributed by atoms with Gasteiger partial charge in [0, 0.05) is 23.7 Å². The van der Waals surface area contributed by atoms with Gasteiger partial charge in [-0.15, -0.1) is 0 Å². The fourth-order valence-electron chi connectivity index (χ4n) is 4.00. The van der Waals surface area contributed by atoms with Crippen molar-refractivity contribution in [3.63, 3.8) is 0 Å². The third-order valence-corrected chi connectivity index (χ3v) is 5.84. The van der Waals surface area contributed by atoms with Crippen LogP contribution in [0, 0.1) is 0 Å². The molecule has 0 atom stereocenters. The van der Waals surface area contributed by atoms with Crippen molar-refractivity contribution >= 4 is 11.4 Å². The van der Waals surface area contributed by atoms with Gasteiger partial charge in [0.1, 0.15) is 0 Å². The Balaban J connectivity index is 1.52. The summed E-state index contributed by atoms with van der Waals surface area (Å²) in [5, 5.41) is 0. The van der Waals surface area contributed by atoms with Crippen LogP contribution in [0.5, 0.6) is 0 Å². The highest BCUT2D eigenvalue weighted by Gasteiger charge is 2.09. The minimum absolute atomic E-state index is 0.732. The van der Waals surface area contributed by atoms with Gasteiger partial charge < -0.3 is 0 Å². The van der Waals surface area contributed by atoms with Gasteiger partial charge in [-0.2, -0.15) is 0 Å². The van der Waals surface area contributed by atoms with E-state index in [1.165, 1.54) is 11.1 Å². The van der Waals surface area contributed by atoms with Crippen molar-refractivity contribution in [2.75, 3.05) is 0 Å². The predicted molar refractivity (Wildman–Crippen MR) is 140 cm³/mol. The van der Waals surface area contributed by atoms with Crippen LogP contribution in [0.3, 0.4) is 0 Å². The van der Waals surface area contributed by atoms with E-state index in [9.17, 15) is 0 Å². The molecule has 0 aliphatic carbocycles. The smallest absolute Gasteiger partial charge is 0.159 e. The summed E-state index contributed by atoms with van der Waals surface area (Å²) in [7, 11) is 0. The van der Waals surface area contributed by atoms with Gasteiger partial charge >= 0.3 is 0 Å². The normalized spacial score (nSPS) is 11.4. The van der Waals surface area contributed by atoms with Gasteiger partial charge in [0.2, 0.25) is 0 Å². The molecule has 3 heteroatoms. The summed E-state index contributed by atoms with van der Waals surface area (Å²) in [6.45, 7) is 2.07. The van der Waals surface area contributed by atoms with Crippen LogP contribution in [0.15, 0.2) is 127 Å². The van der Waals surface area contributed by atoms with E-state index in [1.807, 2.05) is 24.3 Å². The Morgan fingerprint density at radius 2 is 1.26 bits per heavy atom. The molecule has 0 aliphatic rings. The molecule has 0 fully saturated rings. The Bertz CT molecular complexity index is 1390. The first-order valence-corrected chi connectivity index (χ1v) is 11.4. The monoisotopic (exact) mass is 439 g/mol. The minimum Gasteiger partial charge on any atom is -0.253 e. The highest BCUT2D eigenvalue weighted by atomic mass is 14.8. The van der Waals surface area contributed by atoms with E-state index in [0.717, 1.165) is 45.9 Å². The van der Waals surface area contributed by atoms with Gasteiger partial charge in [0.25, 0.3) is 0 Å². The molecule has 0 unspecified atom stereocenters. The van der Waals surface area contributed by atoms with E-state index in [1.54, 1.807) is 12.4 Å². The van der Waals surface area contributed by atoms with Crippen LogP contribution >= 0.6 is 0 Å². The Hall–Kier alpha value is -4.37. The molecule has 0 saturated heterocycles. The van der Waals surface area contributed by atoms with Crippen molar-refractivity contribution in [1.82, 2.24) is 9.97 Å². The Labute approximate surface area is 200 Å². The molecular formula is C31H25N3. The summed E-state index contributed by atoms with van der Waals surface area (Å²) in [4.78, 5) is 13.8. The average Bonchev–Trinajstić information content (AvgIpc) is 2.91. The van der Waals surface area contributed by atoms with E-state index in [0.29, 0.717) is 0 Å². The van der Waals surface area contributed by atoms with Gasteiger partial charge in [-0.05, 0) is 53.3 Å². The van der Waals surface area contributed by atoms with Crippen LogP contribution in [0.2, 0.25) is 0 Å². The molecule has 0 aliphatic heterocycles. The van der Waals surface area contributed by atoms with Crippen LogP contribution in [-0.4, -0.2) is 15.7 Å². The molecule has 164 valence electrons. The first-order chi connectivity index (χ1) is 16.8. The van der Waals surface area contributed by atoms with E-state index >= 15 is 0 Å². The Morgan fingerprint density at radius 1 is 0.647 bits per heavy atom. The Morgan fingerprint density at radius 3 is 1.97 bits per heavy atom. The minimum atomic E-state index is 0.732. The maximum Gasteiger partial charge on any atom is 0.159 e. The van der Waals surface area contributed by atoms with E-state index in [4.69, 9.17) is 4.99 Å². The SMILES string of the molecule is CC(=Nc1cc(-c2ccc(-c3ncccn3)cc2)ccc1Cc1ccccc1)c1ccccc1. The molecule has 0 amide bonds. The first kappa shape index (κ1) is 21.5. The van der Waals surface area contributed by atoms with E-state index in [2.05, 4.69) is 102 Å². The predicted octanol–water partition coefficient (Wildman–Crippen LogP) is 7.54. The molecule has 0 N–H and O–H groups in total. The average molecular weight is 440 g/mol. The highest BCUT2D eigenvalue weighted by Crippen LogP contribution is 2.31. The van der Waals surface area contributed by atoms with Crippen molar-refractivity contribution < 1.29 is 0 Å². The maximum absolute atomic E-state index is 5.07. The molecule has 4 aromatic carbocycles. The number of benzene rings is 4. The number of nitrogens with zero attached hydrogens (tertiary/aromatic N) is 3. The fourth-order valence-corrected chi connectivity index (χ4v) is 4.00. The van der Waals surface area contributed by atoms with E-state index in [-0.39, 0.29) is 0 Å². The molecule has 1 heterocycles. The summed E-state index contributed by atoms with van der Waals surface area (Å²) >= 11 is 0. The lowest BCUT2D eigenvalue weighted by Crippen LogP contribution is -1.95. The molecule has 5 rings (SSSR count). The van der Waals surface area contributed by atoms with Gasteiger partial charge in [-0.25, -0.2) is 9.97 Å². The summed E-state index contributed by atoms with van der Waals surface area (Å²) < 4.78 is 0. The molecule has 0 spiro atoms. The zero-order valence-electron chi connectivity index (χ0n) is 19.1. The third-order valence-electron chi connectivity index (χ3n) is 5.84. The molecule has 0 bridgehead atoms. The lowest BCUT2D eigenvalue weighted by Gasteiger charge is -2.11. The van der Waals surface area contributed by atoms with Crippen LogP contribution in [0.1, 0.15) is 23.6 Å². The molecule has 0 radical (unpaired) electrons. The standard InChI is InChI=1S/C31H25N3/c1-23(25-11-6-3-7-12-25)34-30-22-28(17-18-29(30)21-24-9-4-2-5-10-24)26-13-15-27(16-14-26)31-32-19-8-20-33-31/h2-20,22H,21H2,1H3. The topological polar surface area (TPSA) is 38.1 Å². The second kappa shape index (κ2) is 10.1. The second-order valence-electron chi connectivity index (χ2n) is 8.22. The van der Waals surface area contributed by atoms with Crippen molar-refractivity contribution in [2.24, 2.45) is 4.99 Å². The first-order valence-electron chi connectivity index (χ1n) is 11.4. The van der Waals surface area contributed by atoms with Gasteiger partial charge in [-0.3, -0.25) is 4.99 Å².